The first-order valence-corrected chi connectivity index (χ1v) is 9.76. The molecule has 0 saturated carbocycles. The van der Waals surface area contributed by atoms with E-state index in [1.165, 1.54) is 0 Å². The fourth-order valence-corrected chi connectivity index (χ4v) is 4.77. The molecule has 2 aromatic carbocycles. The van der Waals surface area contributed by atoms with Gasteiger partial charge in [0.2, 0.25) is 9.84 Å². The number of hydrogen-bond acceptors (Lipinski definition) is 3. The highest BCUT2D eigenvalue weighted by Gasteiger charge is 2.20. The summed E-state index contributed by atoms with van der Waals surface area (Å²) in [5.41, 5.74) is 1.11. The molecule has 0 unspecified atom stereocenters. The molecule has 2 heterocycles. The van der Waals surface area contributed by atoms with Crippen molar-refractivity contribution in [3.63, 3.8) is 0 Å². The molecule has 132 valence electrons. The summed E-state index contributed by atoms with van der Waals surface area (Å²) >= 11 is 0. The largest absolute Gasteiger partial charge is 0.344 e. The normalized spacial score (nSPS) is 15.8. The summed E-state index contributed by atoms with van der Waals surface area (Å²) in [4.78, 5) is 0.686. The second-order valence-corrected chi connectivity index (χ2v) is 8.19. The van der Waals surface area contributed by atoms with Gasteiger partial charge in [0.1, 0.15) is 0 Å². The van der Waals surface area contributed by atoms with Crippen LogP contribution in [0.3, 0.4) is 0 Å². The molecule has 1 saturated heterocycles. The molecular weight excluding hydrogens is 356 g/mol. The maximum Gasteiger partial charge on any atom is 0.206 e. The van der Waals surface area contributed by atoms with E-state index in [4.69, 9.17) is 0 Å². The zero-order chi connectivity index (χ0) is 16.6. The summed E-state index contributed by atoms with van der Waals surface area (Å²) in [6.45, 7) is 2.07. The molecular formula is C19H21ClN2O2S. The number of piperidine rings is 1. The molecule has 6 heteroatoms. The Bertz CT molecular complexity index is 962. The van der Waals surface area contributed by atoms with Crippen LogP contribution in [0.4, 0.5) is 0 Å². The fraction of sp³-hybridized carbons (Fsp3) is 0.263. The highest BCUT2D eigenvalue weighted by molar-refractivity contribution is 7.91. The molecule has 3 aromatic rings. The van der Waals surface area contributed by atoms with Crippen molar-refractivity contribution in [3.8, 4) is 0 Å². The van der Waals surface area contributed by atoms with E-state index in [0.29, 0.717) is 15.8 Å². The number of sulfone groups is 1. The Labute approximate surface area is 154 Å². The van der Waals surface area contributed by atoms with E-state index in [2.05, 4.69) is 16.1 Å². The molecule has 1 aliphatic heterocycles. The predicted molar refractivity (Wildman–Crippen MR) is 102 cm³/mol. The zero-order valence-electron chi connectivity index (χ0n) is 13.8. The molecule has 0 radical (unpaired) electrons. The molecule has 1 fully saturated rings. The van der Waals surface area contributed by atoms with Crippen molar-refractivity contribution < 1.29 is 8.42 Å². The monoisotopic (exact) mass is 376 g/mol. The Morgan fingerprint density at radius 1 is 0.920 bits per heavy atom. The Hall–Kier alpha value is -1.82. The number of fused-ring (bicyclic) bond motifs is 1. The van der Waals surface area contributed by atoms with Crippen LogP contribution in [0.1, 0.15) is 18.9 Å². The Balaban J connectivity index is 0.00000182. The Kier molecular flexibility index (Phi) is 5.18. The number of hydrogen-bond donors (Lipinski definition) is 1. The minimum Gasteiger partial charge on any atom is -0.344 e. The maximum absolute atomic E-state index is 12.8. The number of nitrogens with one attached hydrogen (secondary N) is 1. The number of benzene rings is 2. The van der Waals surface area contributed by atoms with Crippen molar-refractivity contribution in [2.24, 2.45) is 0 Å². The quantitative estimate of drug-likeness (QED) is 0.756. The summed E-state index contributed by atoms with van der Waals surface area (Å²) in [6, 6.07) is 16.5. The first-order valence-electron chi connectivity index (χ1n) is 8.28. The molecule has 0 spiro atoms. The molecule has 0 bridgehead atoms. The smallest absolute Gasteiger partial charge is 0.206 e. The standard InChI is InChI=1S/C19H20N2O2S.ClH/c22-24(23,17-4-2-1-3-5-17)18-6-7-19-15(14-18)10-13-21(19)16-8-11-20-12-9-16;/h1-7,10,13-14,16,20H,8-9,11-12H2;1H. The Morgan fingerprint density at radius 2 is 1.64 bits per heavy atom. The van der Waals surface area contributed by atoms with Crippen LogP contribution in [0.2, 0.25) is 0 Å². The van der Waals surface area contributed by atoms with Crippen LogP contribution < -0.4 is 5.32 Å². The third kappa shape index (κ3) is 3.32. The molecule has 0 aliphatic carbocycles. The third-order valence-corrected chi connectivity index (χ3v) is 6.53. The number of halogens is 1. The SMILES string of the molecule is Cl.O=S(=O)(c1ccccc1)c1ccc2c(ccn2C2CCNCC2)c1. The van der Waals surface area contributed by atoms with Crippen LogP contribution in [0, 0.1) is 0 Å². The fourth-order valence-electron chi connectivity index (χ4n) is 3.45. The van der Waals surface area contributed by atoms with Crippen LogP contribution >= 0.6 is 12.4 Å². The van der Waals surface area contributed by atoms with Gasteiger partial charge in [-0.3, -0.25) is 0 Å². The molecule has 1 aliphatic rings. The second kappa shape index (κ2) is 7.20. The minimum atomic E-state index is -3.47. The lowest BCUT2D eigenvalue weighted by atomic mass is 10.1. The van der Waals surface area contributed by atoms with Gasteiger partial charge in [0.25, 0.3) is 0 Å². The van der Waals surface area contributed by atoms with Gasteiger partial charge in [0, 0.05) is 23.1 Å². The summed E-state index contributed by atoms with van der Waals surface area (Å²) in [5, 5.41) is 4.36. The second-order valence-electron chi connectivity index (χ2n) is 6.24. The van der Waals surface area contributed by atoms with Crippen molar-refractivity contribution >= 4 is 33.1 Å². The zero-order valence-corrected chi connectivity index (χ0v) is 15.4. The molecule has 1 aromatic heterocycles. The average molecular weight is 377 g/mol. The van der Waals surface area contributed by atoms with Gasteiger partial charge >= 0.3 is 0 Å². The summed E-state index contributed by atoms with van der Waals surface area (Å²) < 4.78 is 27.8. The van der Waals surface area contributed by atoms with Crippen molar-refractivity contribution in [3.05, 3.63) is 60.8 Å². The average Bonchev–Trinajstić information content (AvgIpc) is 3.06. The van der Waals surface area contributed by atoms with Gasteiger partial charge < -0.3 is 9.88 Å². The molecule has 0 amide bonds. The van der Waals surface area contributed by atoms with E-state index in [1.807, 2.05) is 18.2 Å². The van der Waals surface area contributed by atoms with E-state index in [9.17, 15) is 8.42 Å². The van der Waals surface area contributed by atoms with Crippen molar-refractivity contribution in [2.75, 3.05) is 13.1 Å². The highest BCUT2D eigenvalue weighted by Crippen LogP contribution is 2.29. The number of nitrogens with zero attached hydrogens (tertiary/aromatic N) is 1. The first-order chi connectivity index (χ1) is 11.7. The topological polar surface area (TPSA) is 51.1 Å². The predicted octanol–water partition coefficient (Wildman–Crippen LogP) is 3.82. The molecule has 4 rings (SSSR count). The van der Waals surface area contributed by atoms with E-state index < -0.39 is 9.84 Å². The van der Waals surface area contributed by atoms with Crippen molar-refractivity contribution in [1.29, 1.82) is 0 Å². The number of aromatic nitrogens is 1. The van der Waals surface area contributed by atoms with Gasteiger partial charge in [-0.05, 0) is 62.3 Å². The van der Waals surface area contributed by atoms with E-state index in [0.717, 1.165) is 36.8 Å². The third-order valence-electron chi connectivity index (χ3n) is 4.76. The lowest BCUT2D eigenvalue weighted by Gasteiger charge is -2.25. The van der Waals surface area contributed by atoms with Gasteiger partial charge in [-0.2, -0.15) is 0 Å². The maximum atomic E-state index is 12.8. The molecule has 4 nitrogen and oxygen atoms in total. The van der Waals surface area contributed by atoms with Crippen molar-refractivity contribution in [2.45, 2.75) is 28.7 Å². The van der Waals surface area contributed by atoms with Crippen LogP contribution in [0.25, 0.3) is 10.9 Å². The highest BCUT2D eigenvalue weighted by atomic mass is 35.5. The van der Waals surface area contributed by atoms with Crippen LogP contribution in [0.15, 0.2) is 70.6 Å². The van der Waals surface area contributed by atoms with Gasteiger partial charge in [-0.15, -0.1) is 12.4 Å². The van der Waals surface area contributed by atoms with E-state index >= 15 is 0 Å². The lowest BCUT2D eigenvalue weighted by Crippen LogP contribution is -2.29. The van der Waals surface area contributed by atoms with Crippen LogP contribution in [-0.2, 0) is 9.84 Å². The van der Waals surface area contributed by atoms with Gasteiger partial charge in [-0.1, -0.05) is 18.2 Å². The first kappa shape index (κ1) is 18.0. The molecule has 1 N–H and O–H groups in total. The van der Waals surface area contributed by atoms with Crippen LogP contribution in [0.5, 0.6) is 0 Å². The lowest BCUT2D eigenvalue weighted by molar-refractivity contribution is 0.376. The van der Waals surface area contributed by atoms with E-state index in [-0.39, 0.29) is 12.4 Å². The summed E-state index contributed by atoms with van der Waals surface area (Å²) in [5.74, 6) is 0. The van der Waals surface area contributed by atoms with Gasteiger partial charge in [0.05, 0.1) is 9.79 Å². The Morgan fingerprint density at radius 3 is 2.36 bits per heavy atom. The molecule has 25 heavy (non-hydrogen) atoms. The van der Waals surface area contributed by atoms with Crippen molar-refractivity contribution in [1.82, 2.24) is 9.88 Å². The molecule has 0 atom stereocenters. The summed E-state index contributed by atoms with van der Waals surface area (Å²) in [7, 11) is -3.47. The number of rotatable bonds is 3. The van der Waals surface area contributed by atoms with Gasteiger partial charge in [0.15, 0.2) is 0 Å². The van der Waals surface area contributed by atoms with Crippen LogP contribution in [-0.4, -0.2) is 26.1 Å². The van der Waals surface area contributed by atoms with Gasteiger partial charge in [-0.25, -0.2) is 8.42 Å². The van der Waals surface area contributed by atoms with E-state index in [1.54, 1.807) is 36.4 Å². The minimum absolute atomic E-state index is 0. The summed E-state index contributed by atoms with van der Waals surface area (Å²) in [6.07, 6.45) is 4.29.